The van der Waals surface area contributed by atoms with Crippen molar-refractivity contribution in [2.75, 3.05) is 25.0 Å². The summed E-state index contributed by atoms with van der Waals surface area (Å²) in [6.07, 6.45) is 2.40. The summed E-state index contributed by atoms with van der Waals surface area (Å²) in [5.74, 6) is 1.19. The van der Waals surface area contributed by atoms with E-state index in [1.807, 2.05) is 18.2 Å². The minimum Gasteiger partial charge on any atom is -0.457 e. The Morgan fingerprint density at radius 2 is 2.10 bits per heavy atom. The first-order valence-corrected chi connectivity index (χ1v) is 10.2. The van der Waals surface area contributed by atoms with Crippen LogP contribution in [-0.2, 0) is 22.6 Å². The maximum Gasteiger partial charge on any atom is 0.338 e. The summed E-state index contributed by atoms with van der Waals surface area (Å²) in [6.45, 7) is 5.28. The van der Waals surface area contributed by atoms with Gasteiger partial charge in [0.25, 0.3) is 0 Å². The van der Waals surface area contributed by atoms with Gasteiger partial charge in [0.2, 0.25) is 5.91 Å². The number of ether oxygens (including phenoxy) is 1. The monoisotopic (exact) mass is 402 g/mol. The van der Waals surface area contributed by atoms with Crippen molar-refractivity contribution in [2.45, 2.75) is 20.0 Å². The van der Waals surface area contributed by atoms with Crippen LogP contribution in [-0.4, -0.2) is 41.4 Å². The first-order chi connectivity index (χ1) is 14.5. The number of esters is 1. The Balaban J connectivity index is 1.13. The molecule has 7 heteroatoms. The lowest BCUT2D eigenvalue weighted by atomic mass is 9.96. The topological polar surface area (TPSA) is 95.3 Å². The van der Waals surface area contributed by atoms with E-state index in [0.717, 1.165) is 37.2 Å². The standard InChI is InChI=1S/C23H22N4O3/c1-13-15(3-4-16-19(13)12-30-23(16)29)6-7-27-10-17-18(11-27)21(17)22(28)26-20-5-2-14(8-24)9-25-20/h2-5,9,17-18,21H,6-7,10-12H2,1H3,(H,25,26,28). The maximum atomic E-state index is 12.5. The molecule has 2 unspecified atom stereocenters. The Morgan fingerprint density at radius 1 is 1.30 bits per heavy atom. The number of anilines is 1. The molecule has 3 aliphatic rings. The number of piperidine rings is 1. The van der Waals surface area contributed by atoms with Crippen LogP contribution in [0.3, 0.4) is 0 Å². The Labute approximate surface area is 174 Å². The summed E-state index contributed by atoms with van der Waals surface area (Å²) < 4.78 is 5.14. The molecule has 2 atom stereocenters. The predicted octanol–water partition coefficient (Wildman–Crippen LogP) is 2.29. The lowest BCUT2D eigenvalue weighted by Gasteiger charge is -2.20. The molecule has 5 rings (SSSR count). The van der Waals surface area contributed by atoms with Crippen LogP contribution in [0.5, 0.6) is 0 Å². The minimum absolute atomic E-state index is 0.0287. The summed E-state index contributed by atoms with van der Waals surface area (Å²) in [4.78, 5) is 30.8. The second-order valence-corrected chi connectivity index (χ2v) is 8.35. The van der Waals surface area contributed by atoms with Gasteiger partial charge >= 0.3 is 5.97 Å². The highest BCUT2D eigenvalue weighted by molar-refractivity contribution is 5.94. The Kier molecular flexibility index (Phi) is 4.52. The molecule has 2 aliphatic heterocycles. The zero-order valence-electron chi connectivity index (χ0n) is 16.7. The third-order valence-electron chi connectivity index (χ3n) is 6.69. The fourth-order valence-electron chi connectivity index (χ4n) is 4.88. The average Bonchev–Trinajstić information content (AvgIpc) is 3.06. The van der Waals surface area contributed by atoms with E-state index in [1.54, 1.807) is 12.1 Å². The van der Waals surface area contributed by atoms with Crippen molar-refractivity contribution in [3.63, 3.8) is 0 Å². The molecule has 1 amide bonds. The molecule has 2 aromatic rings. The highest BCUT2D eigenvalue weighted by Crippen LogP contribution is 2.52. The molecule has 1 saturated heterocycles. The van der Waals surface area contributed by atoms with Gasteiger partial charge in [0, 0.05) is 37.3 Å². The van der Waals surface area contributed by atoms with E-state index in [4.69, 9.17) is 10.00 Å². The fourth-order valence-corrected chi connectivity index (χ4v) is 4.88. The lowest BCUT2D eigenvalue weighted by Crippen LogP contribution is -2.30. The van der Waals surface area contributed by atoms with Gasteiger partial charge in [-0.05, 0) is 54.5 Å². The molecule has 1 N–H and O–H groups in total. The summed E-state index contributed by atoms with van der Waals surface area (Å²) in [5.41, 5.74) is 4.62. The van der Waals surface area contributed by atoms with Gasteiger partial charge < -0.3 is 15.0 Å². The number of nitrogens with one attached hydrogen (secondary N) is 1. The molecule has 0 spiro atoms. The third-order valence-corrected chi connectivity index (χ3v) is 6.69. The Hall–Kier alpha value is -3.24. The number of carbonyl (C=O) groups excluding carboxylic acids is 2. The molecular formula is C23H22N4O3. The Bertz CT molecular complexity index is 1060. The molecule has 1 aromatic heterocycles. The highest BCUT2D eigenvalue weighted by Gasteiger charge is 2.59. The van der Waals surface area contributed by atoms with E-state index in [9.17, 15) is 9.59 Å². The average molecular weight is 402 g/mol. The van der Waals surface area contributed by atoms with Crippen LogP contribution in [0.25, 0.3) is 0 Å². The summed E-state index contributed by atoms with van der Waals surface area (Å²) >= 11 is 0. The first-order valence-electron chi connectivity index (χ1n) is 10.2. The zero-order chi connectivity index (χ0) is 20.8. The number of amides is 1. The molecule has 1 aliphatic carbocycles. The van der Waals surface area contributed by atoms with Gasteiger partial charge in [-0.3, -0.25) is 4.79 Å². The summed E-state index contributed by atoms with van der Waals surface area (Å²) in [7, 11) is 0. The van der Waals surface area contributed by atoms with E-state index >= 15 is 0 Å². The number of fused-ring (bicyclic) bond motifs is 2. The van der Waals surface area contributed by atoms with E-state index in [1.165, 1.54) is 11.8 Å². The molecule has 3 heterocycles. The summed E-state index contributed by atoms with van der Waals surface area (Å²) in [5, 5.41) is 11.7. The number of nitrogens with zero attached hydrogens (tertiary/aromatic N) is 3. The van der Waals surface area contributed by atoms with Crippen LogP contribution < -0.4 is 5.32 Å². The smallest absolute Gasteiger partial charge is 0.338 e. The van der Waals surface area contributed by atoms with Gasteiger partial charge in [-0.2, -0.15) is 5.26 Å². The molecule has 7 nitrogen and oxygen atoms in total. The summed E-state index contributed by atoms with van der Waals surface area (Å²) in [6, 6.07) is 9.26. The number of hydrogen-bond acceptors (Lipinski definition) is 6. The van der Waals surface area contributed by atoms with Crippen molar-refractivity contribution in [1.82, 2.24) is 9.88 Å². The van der Waals surface area contributed by atoms with Gasteiger partial charge in [0.15, 0.2) is 0 Å². The van der Waals surface area contributed by atoms with Gasteiger partial charge in [-0.25, -0.2) is 9.78 Å². The SMILES string of the molecule is Cc1c(CCN2CC3C(C2)C3C(=O)Nc2ccc(C#N)cn2)ccc2c1COC2=O. The van der Waals surface area contributed by atoms with Crippen LogP contribution in [0.2, 0.25) is 0 Å². The number of carbonyl (C=O) groups is 2. The third kappa shape index (κ3) is 3.23. The second kappa shape index (κ2) is 7.22. The second-order valence-electron chi connectivity index (χ2n) is 8.35. The number of aromatic nitrogens is 1. The van der Waals surface area contributed by atoms with Gasteiger partial charge in [-0.1, -0.05) is 6.07 Å². The fraction of sp³-hybridized carbons (Fsp3) is 0.391. The number of nitriles is 1. The van der Waals surface area contributed by atoms with E-state index in [0.29, 0.717) is 35.4 Å². The van der Waals surface area contributed by atoms with Crippen LogP contribution in [0.1, 0.15) is 32.6 Å². The molecule has 152 valence electrons. The molecule has 1 aromatic carbocycles. The predicted molar refractivity (Wildman–Crippen MR) is 108 cm³/mol. The van der Waals surface area contributed by atoms with Crippen LogP contribution in [0, 0.1) is 36.0 Å². The van der Waals surface area contributed by atoms with Crippen molar-refractivity contribution in [2.24, 2.45) is 17.8 Å². The van der Waals surface area contributed by atoms with Crippen molar-refractivity contribution >= 4 is 17.7 Å². The normalized spacial score (nSPS) is 24.0. The molecule has 0 bridgehead atoms. The molecule has 0 radical (unpaired) electrons. The van der Waals surface area contributed by atoms with Gasteiger partial charge in [0.1, 0.15) is 18.5 Å². The van der Waals surface area contributed by atoms with E-state index in [2.05, 4.69) is 22.1 Å². The molecular weight excluding hydrogens is 380 g/mol. The number of cyclic esters (lactones) is 1. The van der Waals surface area contributed by atoms with E-state index in [-0.39, 0.29) is 17.8 Å². The van der Waals surface area contributed by atoms with Gasteiger partial charge in [0.05, 0.1) is 11.1 Å². The first kappa shape index (κ1) is 18.8. The maximum absolute atomic E-state index is 12.5. The number of likely N-dealkylation sites (tertiary alicyclic amines) is 1. The molecule has 30 heavy (non-hydrogen) atoms. The van der Waals surface area contributed by atoms with Crippen molar-refractivity contribution in [1.29, 1.82) is 5.26 Å². The molecule has 2 fully saturated rings. The van der Waals surface area contributed by atoms with E-state index < -0.39 is 0 Å². The number of benzene rings is 1. The quantitative estimate of drug-likeness (QED) is 0.771. The lowest BCUT2D eigenvalue weighted by molar-refractivity contribution is -0.118. The van der Waals surface area contributed by atoms with Crippen LogP contribution >= 0.6 is 0 Å². The zero-order valence-corrected chi connectivity index (χ0v) is 16.7. The largest absolute Gasteiger partial charge is 0.457 e. The minimum atomic E-state index is -0.222. The number of rotatable bonds is 5. The van der Waals surface area contributed by atoms with Crippen LogP contribution in [0.4, 0.5) is 5.82 Å². The number of pyridine rings is 1. The number of hydrogen-bond donors (Lipinski definition) is 1. The molecule has 1 saturated carbocycles. The van der Waals surface area contributed by atoms with Crippen molar-refractivity contribution < 1.29 is 14.3 Å². The van der Waals surface area contributed by atoms with Gasteiger partial charge in [-0.15, -0.1) is 0 Å². The Morgan fingerprint density at radius 3 is 2.80 bits per heavy atom. The van der Waals surface area contributed by atoms with Crippen molar-refractivity contribution in [3.8, 4) is 6.07 Å². The highest BCUT2D eigenvalue weighted by atomic mass is 16.5. The van der Waals surface area contributed by atoms with Crippen molar-refractivity contribution in [3.05, 3.63) is 58.3 Å². The van der Waals surface area contributed by atoms with Crippen LogP contribution in [0.15, 0.2) is 30.5 Å².